The molecule has 0 aliphatic rings. The first-order valence-corrected chi connectivity index (χ1v) is 1.92. The van der Waals surface area contributed by atoms with Crippen LogP contribution in [-0.4, -0.2) is 12.4 Å². The SMILES string of the molecule is CCC([O])C=O. The molecule has 6 heavy (non-hydrogen) atoms. The molecule has 0 saturated carbocycles. The zero-order valence-corrected chi connectivity index (χ0v) is 3.68. The summed E-state index contributed by atoms with van der Waals surface area (Å²) in [5.41, 5.74) is 0. The van der Waals surface area contributed by atoms with Crippen molar-refractivity contribution >= 4 is 6.29 Å². The summed E-state index contributed by atoms with van der Waals surface area (Å²) in [4.78, 5) is 9.42. The summed E-state index contributed by atoms with van der Waals surface area (Å²) in [6.07, 6.45) is -0.172. The number of hydrogen-bond acceptors (Lipinski definition) is 1. The normalized spacial score (nSPS) is 13.7. The van der Waals surface area contributed by atoms with Crippen LogP contribution in [0, 0.1) is 0 Å². The summed E-state index contributed by atoms with van der Waals surface area (Å²) in [6, 6.07) is 0. The Bertz CT molecular complexity index is 42.8. The average Bonchev–Trinajstić information content (AvgIpc) is 1.65. The molecule has 0 N–H and O–H groups in total. The Morgan fingerprint density at radius 3 is 2.33 bits per heavy atom. The molecule has 0 aromatic carbocycles. The van der Waals surface area contributed by atoms with Crippen molar-refractivity contribution in [1.29, 1.82) is 0 Å². The molecule has 0 spiro atoms. The van der Waals surface area contributed by atoms with Crippen LogP contribution in [0.2, 0.25) is 0 Å². The molecule has 0 aliphatic carbocycles. The van der Waals surface area contributed by atoms with Gasteiger partial charge in [-0.05, 0) is 6.42 Å². The van der Waals surface area contributed by atoms with E-state index in [2.05, 4.69) is 0 Å². The Kier molecular flexibility index (Phi) is 2.67. The standard InChI is InChI=1S/C4H7O2/c1-2-4(6)3-5/h3-4H,2H2,1H3. The van der Waals surface area contributed by atoms with Gasteiger partial charge in [0.15, 0.2) is 6.29 Å². The molecule has 0 rings (SSSR count). The van der Waals surface area contributed by atoms with Gasteiger partial charge in [-0.2, -0.15) is 0 Å². The highest BCUT2D eigenvalue weighted by molar-refractivity contribution is 5.54. The molecule has 1 unspecified atom stereocenters. The molecule has 0 heterocycles. The van der Waals surface area contributed by atoms with Gasteiger partial charge in [0.25, 0.3) is 0 Å². The Hall–Kier alpha value is -0.370. The Balaban J connectivity index is 2.96. The second-order valence-corrected chi connectivity index (χ2v) is 1.08. The van der Waals surface area contributed by atoms with Gasteiger partial charge in [-0.3, -0.25) is 0 Å². The molecule has 0 aliphatic heterocycles. The van der Waals surface area contributed by atoms with Gasteiger partial charge in [0.2, 0.25) is 0 Å². The lowest BCUT2D eigenvalue weighted by Crippen LogP contribution is -2.01. The molecular weight excluding hydrogens is 80.0 g/mol. The maximum absolute atomic E-state index is 9.90. The van der Waals surface area contributed by atoms with Crippen molar-refractivity contribution in [3.05, 3.63) is 0 Å². The van der Waals surface area contributed by atoms with Gasteiger partial charge in [-0.15, -0.1) is 0 Å². The fraction of sp³-hybridized carbons (Fsp3) is 0.750. The quantitative estimate of drug-likeness (QED) is 0.449. The number of aldehydes is 1. The number of carbonyl (C=O) groups excluding carboxylic acids is 1. The van der Waals surface area contributed by atoms with Gasteiger partial charge in [0.1, 0.15) is 6.10 Å². The number of hydrogen-bond donors (Lipinski definition) is 0. The van der Waals surface area contributed by atoms with E-state index in [0.717, 1.165) is 0 Å². The molecule has 1 atom stereocenters. The second kappa shape index (κ2) is 2.85. The fourth-order valence-electron chi connectivity index (χ4n) is 0.0962. The highest BCUT2D eigenvalue weighted by atomic mass is 16.3. The molecule has 0 fully saturated rings. The zero-order valence-electron chi connectivity index (χ0n) is 3.68. The van der Waals surface area contributed by atoms with Crippen LogP contribution in [0.1, 0.15) is 13.3 Å². The lowest BCUT2D eigenvalue weighted by molar-refractivity contribution is -0.117. The molecule has 0 aromatic heterocycles. The zero-order chi connectivity index (χ0) is 4.99. The van der Waals surface area contributed by atoms with Crippen molar-refractivity contribution < 1.29 is 9.90 Å². The minimum atomic E-state index is -0.995. The minimum Gasteiger partial charge on any atom is -0.300 e. The Morgan fingerprint density at radius 2 is 2.33 bits per heavy atom. The van der Waals surface area contributed by atoms with E-state index in [1.807, 2.05) is 0 Å². The number of carbonyl (C=O) groups is 1. The van der Waals surface area contributed by atoms with E-state index in [4.69, 9.17) is 0 Å². The smallest absolute Gasteiger partial charge is 0.152 e. The van der Waals surface area contributed by atoms with E-state index < -0.39 is 6.10 Å². The largest absolute Gasteiger partial charge is 0.300 e. The highest BCUT2D eigenvalue weighted by Crippen LogP contribution is 1.81. The Labute approximate surface area is 36.8 Å². The molecule has 0 aromatic rings. The summed E-state index contributed by atoms with van der Waals surface area (Å²) < 4.78 is 0. The molecule has 0 bridgehead atoms. The molecular formula is C4H7O2. The van der Waals surface area contributed by atoms with Crippen molar-refractivity contribution in [2.45, 2.75) is 19.4 Å². The van der Waals surface area contributed by atoms with Crippen LogP contribution in [0.5, 0.6) is 0 Å². The lowest BCUT2D eigenvalue weighted by Gasteiger charge is -1.85. The third-order valence-corrected chi connectivity index (χ3v) is 0.554. The third-order valence-electron chi connectivity index (χ3n) is 0.554. The lowest BCUT2D eigenvalue weighted by atomic mass is 10.3. The van der Waals surface area contributed by atoms with Gasteiger partial charge >= 0.3 is 0 Å². The monoisotopic (exact) mass is 87.0 g/mol. The van der Waals surface area contributed by atoms with Crippen molar-refractivity contribution in [3.63, 3.8) is 0 Å². The van der Waals surface area contributed by atoms with Crippen molar-refractivity contribution in [2.24, 2.45) is 0 Å². The van der Waals surface area contributed by atoms with Gasteiger partial charge in [-0.25, -0.2) is 5.11 Å². The van der Waals surface area contributed by atoms with E-state index in [1.165, 1.54) is 0 Å². The van der Waals surface area contributed by atoms with Crippen molar-refractivity contribution in [3.8, 4) is 0 Å². The van der Waals surface area contributed by atoms with E-state index in [1.54, 1.807) is 6.92 Å². The van der Waals surface area contributed by atoms with Crippen LogP contribution < -0.4 is 0 Å². The highest BCUT2D eigenvalue weighted by Gasteiger charge is 1.94. The summed E-state index contributed by atoms with van der Waals surface area (Å²) >= 11 is 0. The van der Waals surface area contributed by atoms with E-state index in [9.17, 15) is 9.90 Å². The van der Waals surface area contributed by atoms with Crippen LogP contribution in [0.4, 0.5) is 0 Å². The molecule has 0 saturated heterocycles. The molecule has 35 valence electrons. The maximum Gasteiger partial charge on any atom is 0.152 e. The van der Waals surface area contributed by atoms with Crippen LogP contribution >= 0.6 is 0 Å². The summed E-state index contributed by atoms with van der Waals surface area (Å²) in [6.45, 7) is 1.69. The molecule has 1 radical (unpaired) electrons. The topological polar surface area (TPSA) is 37.0 Å². The summed E-state index contributed by atoms with van der Waals surface area (Å²) in [5, 5.41) is 9.90. The van der Waals surface area contributed by atoms with Gasteiger partial charge in [0.05, 0.1) is 0 Å². The van der Waals surface area contributed by atoms with Crippen molar-refractivity contribution in [2.75, 3.05) is 0 Å². The third kappa shape index (κ3) is 1.91. The van der Waals surface area contributed by atoms with Crippen LogP contribution in [-0.2, 0) is 9.90 Å². The number of rotatable bonds is 2. The fourth-order valence-corrected chi connectivity index (χ4v) is 0.0962. The van der Waals surface area contributed by atoms with Gasteiger partial charge in [0, 0.05) is 0 Å². The van der Waals surface area contributed by atoms with E-state index in [0.29, 0.717) is 12.7 Å². The average molecular weight is 87.1 g/mol. The summed E-state index contributed by atoms with van der Waals surface area (Å²) in [5.74, 6) is 0. The molecule has 2 heteroatoms. The second-order valence-electron chi connectivity index (χ2n) is 1.08. The van der Waals surface area contributed by atoms with Crippen molar-refractivity contribution in [1.82, 2.24) is 0 Å². The molecule has 0 amide bonds. The van der Waals surface area contributed by atoms with Gasteiger partial charge in [-0.1, -0.05) is 6.92 Å². The molecule has 2 nitrogen and oxygen atoms in total. The van der Waals surface area contributed by atoms with Crippen LogP contribution in [0.25, 0.3) is 0 Å². The predicted octanol–water partition coefficient (Wildman–Crippen LogP) is 0.394. The summed E-state index contributed by atoms with van der Waals surface area (Å²) in [7, 11) is 0. The van der Waals surface area contributed by atoms with Gasteiger partial charge < -0.3 is 4.79 Å². The van der Waals surface area contributed by atoms with Crippen LogP contribution in [0.15, 0.2) is 0 Å². The predicted molar refractivity (Wildman–Crippen MR) is 20.8 cm³/mol. The van der Waals surface area contributed by atoms with E-state index >= 15 is 0 Å². The van der Waals surface area contributed by atoms with Crippen LogP contribution in [0.3, 0.4) is 0 Å². The minimum absolute atomic E-state index is 0.406. The first-order chi connectivity index (χ1) is 2.81. The first-order valence-electron chi connectivity index (χ1n) is 1.92. The first kappa shape index (κ1) is 5.63. The Morgan fingerprint density at radius 1 is 1.83 bits per heavy atom. The maximum atomic E-state index is 9.90. The van der Waals surface area contributed by atoms with E-state index in [-0.39, 0.29) is 0 Å².